The molecule has 0 unspecified atom stereocenters. The molecule has 2 aromatic carbocycles. The van der Waals surface area contributed by atoms with E-state index in [1.807, 2.05) is 52.0 Å². The second-order valence-electron chi connectivity index (χ2n) is 11.8. The van der Waals surface area contributed by atoms with Crippen molar-refractivity contribution in [3.8, 4) is 5.75 Å². The van der Waals surface area contributed by atoms with Gasteiger partial charge in [-0.25, -0.2) is 4.79 Å². The van der Waals surface area contributed by atoms with Crippen molar-refractivity contribution in [1.82, 2.24) is 10.2 Å². The van der Waals surface area contributed by atoms with Crippen molar-refractivity contribution in [2.75, 3.05) is 25.0 Å². The summed E-state index contributed by atoms with van der Waals surface area (Å²) in [5.41, 5.74) is 5.38. The van der Waals surface area contributed by atoms with E-state index in [9.17, 15) is 9.59 Å². The molecule has 1 atom stereocenters. The van der Waals surface area contributed by atoms with Gasteiger partial charge < -0.3 is 25.0 Å². The number of ether oxygens (including phenoxy) is 2. The quantitative estimate of drug-likeness (QED) is 0.485. The van der Waals surface area contributed by atoms with E-state index in [2.05, 4.69) is 29.3 Å². The Labute approximate surface area is 225 Å². The molecule has 1 saturated heterocycles. The van der Waals surface area contributed by atoms with Crippen molar-refractivity contribution in [2.24, 2.45) is 0 Å². The van der Waals surface area contributed by atoms with Crippen molar-refractivity contribution in [3.05, 3.63) is 64.7 Å². The minimum absolute atomic E-state index is 0.0323. The maximum Gasteiger partial charge on any atom is 0.410 e. The number of benzene rings is 2. The van der Waals surface area contributed by atoms with Gasteiger partial charge >= 0.3 is 6.09 Å². The number of likely N-dealkylation sites (tertiary alicyclic amines) is 1. The Kier molecular flexibility index (Phi) is 6.88. The molecular formula is C31H39N3O4. The summed E-state index contributed by atoms with van der Waals surface area (Å²) in [5.74, 6) is 0.530. The monoisotopic (exact) mass is 517 g/mol. The van der Waals surface area contributed by atoms with E-state index < -0.39 is 5.60 Å². The van der Waals surface area contributed by atoms with Gasteiger partial charge in [0.1, 0.15) is 18.0 Å². The van der Waals surface area contributed by atoms with Gasteiger partial charge in [0, 0.05) is 24.3 Å². The van der Waals surface area contributed by atoms with Crippen LogP contribution in [0, 0.1) is 6.92 Å². The average Bonchev–Trinajstić information content (AvgIpc) is 3.62. The van der Waals surface area contributed by atoms with E-state index in [4.69, 9.17) is 9.47 Å². The Bertz CT molecular complexity index is 1260. The van der Waals surface area contributed by atoms with Gasteiger partial charge in [-0.1, -0.05) is 18.7 Å². The Balaban J connectivity index is 1.28. The van der Waals surface area contributed by atoms with Gasteiger partial charge in [-0.15, -0.1) is 0 Å². The van der Waals surface area contributed by atoms with Crippen molar-refractivity contribution < 1.29 is 19.1 Å². The number of amides is 2. The first-order chi connectivity index (χ1) is 18.1. The highest BCUT2D eigenvalue weighted by atomic mass is 16.6. The van der Waals surface area contributed by atoms with Gasteiger partial charge in [-0.05, 0) is 106 Å². The second-order valence-corrected chi connectivity index (χ2v) is 11.8. The van der Waals surface area contributed by atoms with Gasteiger partial charge in [-0.3, -0.25) is 4.79 Å². The maximum atomic E-state index is 13.6. The zero-order valence-corrected chi connectivity index (χ0v) is 23.0. The van der Waals surface area contributed by atoms with E-state index in [1.54, 1.807) is 4.90 Å². The topological polar surface area (TPSA) is 79.9 Å². The first kappa shape index (κ1) is 26.1. The lowest BCUT2D eigenvalue weighted by Gasteiger charge is -2.41. The average molecular weight is 518 g/mol. The lowest BCUT2D eigenvalue weighted by molar-refractivity contribution is -0.0141. The van der Waals surface area contributed by atoms with E-state index in [0.29, 0.717) is 24.5 Å². The summed E-state index contributed by atoms with van der Waals surface area (Å²) in [6, 6.07) is 9.92. The number of fused-ring (bicyclic) bond motifs is 1. The fourth-order valence-corrected chi connectivity index (χ4v) is 5.33. The fraction of sp³-hybridized carbons (Fsp3) is 0.484. The summed E-state index contributed by atoms with van der Waals surface area (Å²) < 4.78 is 11.5. The number of carbonyl (C=O) groups is 2. The number of hydrogen-bond acceptors (Lipinski definition) is 5. The van der Waals surface area contributed by atoms with Gasteiger partial charge in [-0.2, -0.15) is 0 Å². The molecular weight excluding hydrogens is 478 g/mol. The number of nitrogens with zero attached hydrogens (tertiary/aromatic N) is 1. The van der Waals surface area contributed by atoms with Gasteiger partial charge in [0.05, 0.1) is 11.6 Å². The minimum atomic E-state index is -0.529. The van der Waals surface area contributed by atoms with Gasteiger partial charge in [0.15, 0.2) is 0 Å². The molecule has 2 fully saturated rings. The molecule has 1 aliphatic carbocycles. The lowest BCUT2D eigenvalue weighted by atomic mass is 9.89. The van der Waals surface area contributed by atoms with Crippen molar-refractivity contribution in [3.63, 3.8) is 0 Å². The van der Waals surface area contributed by atoms with E-state index >= 15 is 0 Å². The Morgan fingerprint density at radius 3 is 2.68 bits per heavy atom. The molecule has 0 aromatic heterocycles. The highest BCUT2D eigenvalue weighted by Crippen LogP contribution is 2.49. The Morgan fingerprint density at radius 2 is 2.03 bits per heavy atom. The van der Waals surface area contributed by atoms with Crippen LogP contribution in [-0.4, -0.2) is 48.2 Å². The molecule has 0 spiro atoms. The first-order valence-corrected chi connectivity index (χ1v) is 13.7. The molecule has 5 rings (SSSR count). The van der Waals surface area contributed by atoms with E-state index in [-0.39, 0.29) is 23.6 Å². The molecule has 2 aromatic rings. The van der Waals surface area contributed by atoms with Crippen LogP contribution < -0.4 is 15.4 Å². The number of nitrogens with one attached hydrogen (secondary N) is 2. The van der Waals surface area contributed by atoms with Crippen LogP contribution in [0.2, 0.25) is 0 Å². The van der Waals surface area contributed by atoms with Crippen LogP contribution in [0.5, 0.6) is 5.75 Å². The minimum Gasteiger partial charge on any atom is -0.491 e. The van der Waals surface area contributed by atoms with Crippen LogP contribution in [0.3, 0.4) is 0 Å². The third kappa shape index (κ3) is 5.38. The molecule has 0 bridgehead atoms. The van der Waals surface area contributed by atoms with Crippen LogP contribution in [0.15, 0.2) is 36.9 Å². The molecule has 2 aliphatic heterocycles. The molecule has 3 aliphatic rings. The number of carbonyl (C=O) groups excluding carboxylic acids is 2. The Morgan fingerprint density at radius 1 is 1.24 bits per heavy atom. The smallest absolute Gasteiger partial charge is 0.410 e. The van der Waals surface area contributed by atoms with Crippen LogP contribution in [-0.2, 0) is 16.7 Å². The van der Waals surface area contributed by atoms with Crippen LogP contribution in [0.1, 0.15) is 79.1 Å². The number of anilines is 1. The summed E-state index contributed by atoms with van der Waals surface area (Å²) in [6.07, 6.45) is 6.36. The SMILES string of the molecule is C=Cc1cc2c(c(C3(NC(=O)c4cc(OC[C@@H]5CCN5C(=O)OC(C)(C)C)ccc4C)CC3)c1)CCCN2. The second kappa shape index (κ2) is 10.0. The van der Waals surface area contributed by atoms with Crippen LogP contribution in [0.4, 0.5) is 10.5 Å². The van der Waals surface area contributed by atoms with Crippen molar-refractivity contribution in [2.45, 2.75) is 77.0 Å². The molecule has 7 heteroatoms. The zero-order chi connectivity index (χ0) is 27.1. The van der Waals surface area contributed by atoms with Gasteiger partial charge in [0.2, 0.25) is 0 Å². The molecule has 7 nitrogen and oxygen atoms in total. The van der Waals surface area contributed by atoms with Crippen molar-refractivity contribution >= 4 is 23.8 Å². The molecule has 2 amide bonds. The predicted octanol–water partition coefficient (Wildman–Crippen LogP) is 5.80. The largest absolute Gasteiger partial charge is 0.491 e. The summed E-state index contributed by atoms with van der Waals surface area (Å²) in [7, 11) is 0. The fourth-order valence-electron chi connectivity index (χ4n) is 5.33. The maximum absolute atomic E-state index is 13.6. The van der Waals surface area contributed by atoms with Crippen molar-refractivity contribution in [1.29, 1.82) is 0 Å². The summed E-state index contributed by atoms with van der Waals surface area (Å²) in [6.45, 7) is 13.5. The molecule has 2 N–H and O–H groups in total. The molecule has 38 heavy (non-hydrogen) atoms. The standard InChI is InChI=1S/C31H39N3O4/c1-6-21-16-26(24-8-7-14-32-27(24)17-21)31(12-13-31)33-28(35)25-18-23(10-9-20(25)2)37-19-22-11-15-34(22)29(36)38-30(3,4)5/h6,9-10,16-18,22,32H,1,7-8,11-15,19H2,2-5H3,(H,33,35)/t22-/m0/s1. The third-order valence-electron chi connectivity index (χ3n) is 7.71. The van der Waals surface area contributed by atoms with Crippen LogP contribution in [0.25, 0.3) is 6.08 Å². The van der Waals surface area contributed by atoms with Gasteiger partial charge in [0.25, 0.3) is 5.91 Å². The highest BCUT2D eigenvalue weighted by Gasteiger charge is 2.48. The highest BCUT2D eigenvalue weighted by molar-refractivity contribution is 5.97. The Hall–Kier alpha value is -3.48. The molecule has 202 valence electrons. The predicted molar refractivity (Wildman–Crippen MR) is 150 cm³/mol. The first-order valence-electron chi connectivity index (χ1n) is 13.7. The number of aryl methyl sites for hydroxylation is 1. The number of hydrogen-bond donors (Lipinski definition) is 2. The normalized spacial score (nSPS) is 19.4. The van der Waals surface area contributed by atoms with E-state index in [1.165, 1.54) is 11.1 Å². The summed E-state index contributed by atoms with van der Waals surface area (Å²) in [5, 5.41) is 6.90. The molecule has 2 heterocycles. The van der Waals surface area contributed by atoms with E-state index in [0.717, 1.165) is 55.5 Å². The molecule has 1 saturated carbocycles. The summed E-state index contributed by atoms with van der Waals surface area (Å²) in [4.78, 5) is 27.7. The lowest BCUT2D eigenvalue weighted by Crippen LogP contribution is -2.55. The summed E-state index contributed by atoms with van der Waals surface area (Å²) >= 11 is 0. The number of rotatable bonds is 7. The zero-order valence-electron chi connectivity index (χ0n) is 23.0. The third-order valence-corrected chi connectivity index (χ3v) is 7.71. The molecule has 0 radical (unpaired) electrons. The van der Waals surface area contributed by atoms with Crippen LogP contribution >= 0.6 is 0 Å².